The maximum absolute atomic E-state index is 12.6. The molecule has 7 heteroatoms. The third kappa shape index (κ3) is 3.66. The van der Waals surface area contributed by atoms with Gasteiger partial charge in [0.15, 0.2) is 17.2 Å². The van der Waals surface area contributed by atoms with Crippen LogP contribution >= 0.6 is 0 Å². The van der Waals surface area contributed by atoms with E-state index in [-0.39, 0.29) is 11.8 Å². The van der Waals surface area contributed by atoms with Crippen LogP contribution in [0.25, 0.3) is 17.0 Å². The summed E-state index contributed by atoms with van der Waals surface area (Å²) < 4.78 is 7.84. The van der Waals surface area contributed by atoms with E-state index in [0.29, 0.717) is 23.7 Å². The van der Waals surface area contributed by atoms with E-state index < -0.39 is 5.60 Å². The van der Waals surface area contributed by atoms with Gasteiger partial charge in [-0.25, -0.2) is 4.98 Å². The van der Waals surface area contributed by atoms with Crippen LogP contribution in [0.5, 0.6) is 5.75 Å². The Kier molecular flexibility index (Phi) is 4.81. The summed E-state index contributed by atoms with van der Waals surface area (Å²) in [6, 6.07) is 12.0. The molecule has 0 atom stereocenters. The zero-order valence-corrected chi connectivity index (χ0v) is 17.5. The number of aromatic nitrogens is 2. The number of anilines is 1. The van der Waals surface area contributed by atoms with Crippen molar-refractivity contribution in [2.24, 2.45) is 7.05 Å². The third-order valence-corrected chi connectivity index (χ3v) is 5.26. The van der Waals surface area contributed by atoms with E-state index in [1.807, 2.05) is 19.2 Å². The minimum absolute atomic E-state index is 0.118. The molecule has 0 spiro atoms. The summed E-state index contributed by atoms with van der Waals surface area (Å²) in [4.78, 5) is 30.4. The number of rotatable bonds is 4. The van der Waals surface area contributed by atoms with E-state index in [2.05, 4.69) is 33.1 Å². The van der Waals surface area contributed by atoms with Gasteiger partial charge in [0, 0.05) is 37.6 Å². The van der Waals surface area contributed by atoms with Gasteiger partial charge < -0.3 is 19.5 Å². The first kappa shape index (κ1) is 19.7. The van der Waals surface area contributed by atoms with Crippen LogP contribution in [0.2, 0.25) is 0 Å². The minimum Gasteiger partial charge on any atom is -0.474 e. The lowest BCUT2D eigenvalue weighted by Gasteiger charge is -2.30. The highest BCUT2D eigenvalue weighted by molar-refractivity contribution is 5.99. The molecular formula is C23H24N4O3. The van der Waals surface area contributed by atoms with Gasteiger partial charge >= 0.3 is 0 Å². The Bertz CT molecular complexity index is 1180. The highest BCUT2D eigenvalue weighted by Crippen LogP contribution is 2.32. The molecule has 1 aliphatic heterocycles. The lowest BCUT2D eigenvalue weighted by molar-refractivity contribution is -0.129. The lowest BCUT2D eigenvalue weighted by Crippen LogP contribution is -2.46. The maximum atomic E-state index is 12.6. The van der Waals surface area contributed by atoms with Gasteiger partial charge in [-0.3, -0.25) is 9.59 Å². The van der Waals surface area contributed by atoms with E-state index >= 15 is 0 Å². The van der Waals surface area contributed by atoms with Crippen LogP contribution in [0.1, 0.15) is 25.1 Å². The molecule has 4 rings (SSSR count). The summed E-state index contributed by atoms with van der Waals surface area (Å²) in [5, 5.41) is 3.88. The quantitative estimate of drug-likeness (QED) is 0.677. The van der Waals surface area contributed by atoms with Crippen LogP contribution in [0.4, 0.5) is 5.82 Å². The summed E-state index contributed by atoms with van der Waals surface area (Å²) in [5.41, 5.74) is 1.94. The number of likely N-dealkylation sites (N-methyl/N-ethyl adjacent to an activating group) is 1. The number of nitrogens with one attached hydrogen (secondary N) is 1. The first-order valence-electron chi connectivity index (χ1n) is 9.71. The molecule has 1 aromatic carbocycles. The first-order valence-corrected chi connectivity index (χ1v) is 9.71. The molecule has 3 heterocycles. The predicted molar refractivity (Wildman–Crippen MR) is 116 cm³/mol. The zero-order chi connectivity index (χ0) is 21.5. The SMILES string of the molecule is CN(Cc1cc2ccccc2n1C)C(=O)C=Cc1cnc2c(c1)OC(C)(C)C(=O)N2. The average Bonchev–Trinajstić information content (AvgIpc) is 3.02. The van der Waals surface area contributed by atoms with Gasteiger partial charge in [-0.2, -0.15) is 0 Å². The third-order valence-electron chi connectivity index (χ3n) is 5.26. The number of aryl methyl sites for hydroxylation is 1. The van der Waals surface area contributed by atoms with E-state index in [1.54, 1.807) is 44.1 Å². The Morgan fingerprint density at radius 2 is 2.07 bits per heavy atom. The number of amides is 2. The lowest BCUT2D eigenvalue weighted by atomic mass is 10.1. The molecule has 2 amide bonds. The molecule has 154 valence electrons. The van der Waals surface area contributed by atoms with Crippen LogP contribution in [0, 0.1) is 0 Å². The van der Waals surface area contributed by atoms with Gasteiger partial charge in [0.1, 0.15) is 0 Å². The highest BCUT2D eigenvalue weighted by atomic mass is 16.5. The van der Waals surface area contributed by atoms with Crippen molar-refractivity contribution in [1.82, 2.24) is 14.5 Å². The molecule has 0 radical (unpaired) electrons. The Morgan fingerprint density at radius 3 is 2.83 bits per heavy atom. The van der Waals surface area contributed by atoms with Crippen molar-refractivity contribution in [2.45, 2.75) is 26.0 Å². The van der Waals surface area contributed by atoms with Crippen LogP contribution < -0.4 is 10.1 Å². The molecule has 0 aliphatic carbocycles. The van der Waals surface area contributed by atoms with Crippen LogP contribution in [-0.4, -0.2) is 38.9 Å². The van der Waals surface area contributed by atoms with Gasteiger partial charge in [-0.15, -0.1) is 0 Å². The number of carbonyl (C=O) groups is 2. The molecular weight excluding hydrogens is 380 g/mol. The standard InChI is InChI=1S/C23H24N4O3/c1-23(2)22(29)25-21-19(30-23)11-15(13-24-21)9-10-20(28)26(3)14-17-12-16-7-5-6-8-18(16)27(17)4/h5-13H,14H2,1-4H3,(H,24,25,29). The van der Waals surface area contributed by atoms with E-state index in [0.717, 1.165) is 16.6 Å². The number of benzene rings is 1. The summed E-state index contributed by atoms with van der Waals surface area (Å²) in [7, 11) is 3.78. The van der Waals surface area contributed by atoms with Crippen molar-refractivity contribution in [3.05, 3.63) is 59.9 Å². The number of para-hydroxylation sites is 1. The van der Waals surface area contributed by atoms with Crippen molar-refractivity contribution in [2.75, 3.05) is 12.4 Å². The van der Waals surface area contributed by atoms with Crippen LogP contribution in [-0.2, 0) is 23.2 Å². The molecule has 7 nitrogen and oxygen atoms in total. The Labute approximate surface area is 175 Å². The summed E-state index contributed by atoms with van der Waals surface area (Å²) >= 11 is 0. The van der Waals surface area contributed by atoms with Crippen molar-refractivity contribution in [1.29, 1.82) is 0 Å². The molecule has 1 N–H and O–H groups in total. The normalized spacial score (nSPS) is 15.0. The zero-order valence-electron chi connectivity index (χ0n) is 17.5. The monoisotopic (exact) mass is 404 g/mol. The maximum Gasteiger partial charge on any atom is 0.269 e. The van der Waals surface area contributed by atoms with Gasteiger partial charge in [0.05, 0.1) is 6.54 Å². The summed E-state index contributed by atoms with van der Waals surface area (Å²) in [6.07, 6.45) is 4.80. The molecule has 0 saturated carbocycles. The fourth-order valence-electron chi connectivity index (χ4n) is 3.42. The molecule has 0 unspecified atom stereocenters. The fraction of sp³-hybridized carbons (Fsp3) is 0.261. The number of ether oxygens (including phenoxy) is 1. The largest absolute Gasteiger partial charge is 0.474 e. The Hall–Kier alpha value is -3.61. The second kappa shape index (κ2) is 7.33. The summed E-state index contributed by atoms with van der Waals surface area (Å²) in [6.45, 7) is 3.89. The molecule has 30 heavy (non-hydrogen) atoms. The second-order valence-corrected chi connectivity index (χ2v) is 7.96. The van der Waals surface area contributed by atoms with Gasteiger partial charge in [0.2, 0.25) is 5.91 Å². The number of carbonyl (C=O) groups excluding carboxylic acids is 2. The molecule has 0 saturated heterocycles. The minimum atomic E-state index is -0.967. The Balaban J connectivity index is 1.47. The molecule has 3 aromatic rings. The smallest absolute Gasteiger partial charge is 0.269 e. The number of hydrogen-bond acceptors (Lipinski definition) is 4. The number of hydrogen-bond donors (Lipinski definition) is 1. The Morgan fingerprint density at radius 1 is 1.30 bits per heavy atom. The van der Waals surface area contributed by atoms with Crippen molar-refractivity contribution < 1.29 is 14.3 Å². The summed E-state index contributed by atoms with van der Waals surface area (Å²) in [5.74, 6) is 0.511. The number of pyridine rings is 1. The molecule has 0 bridgehead atoms. The second-order valence-electron chi connectivity index (χ2n) is 7.96. The van der Waals surface area contributed by atoms with Gasteiger partial charge in [-0.1, -0.05) is 18.2 Å². The predicted octanol–water partition coefficient (Wildman–Crippen LogP) is 3.35. The highest BCUT2D eigenvalue weighted by Gasteiger charge is 2.36. The van der Waals surface area contributed by atoms with Crippen LogP contribution in [0.3, 0.4) is 0 Å². The molecule has 2 aromatic heterocycles. The number of nitrogens with zero attached hydrogens (tertiary/aromatic N) is 3. The van der Waals surface area contributed by atoms with Crippen molar-refractivity contribution in [3.8, 4) is 5.75 Å². The topological polar surface area (TPSA) is 76.5 Å². The van der Waals surface area contributed by atoms with Crippen molar-refractivity contribution in [3.63, 3.8) is 0 Å². The fourth-order valence-corrected chi connectivity index (χ4v) is 3.42. The van der Waals surface area contributed by atoms with E-state index in [4.69, 9.17) is 4.74 Å². The number of fused-ring (bicyclic) bond motifs is 2. The van der Waals surface area contributed by atoms with E-state index in [9.17, 15) is 9.59 Å². The molecule has 1 aliphatic rings. The first-order chi connectivity index (χ1) is 14.2. The van der Waals surface area contributed by atoms with Crippen molar-refractivity contribution >= 4 is 34.6 Å². The van der Waals surface area contributed by atoms with Gasteiger partial charge in [-0.05, 0) is 49.1 Å². The van der Waals surface area contributed by atoms with E-state index in [1.165, 1.54) is 6.08 Å². The average molecular weight is 404 g/mol. The van der Waals surface area contributed by atoms with Gasteiger partial charge in [0.25, 0.3) is 5.91 Å². The molecule has 0 fully saturated rings. The van der Waals surface area contributed by atoms with Crippen LogP contribution in [0.15, 0.2) is 48.7 Å².